The first-order chi connectivity index (χ1) is 17.7. The summed E-state index contributed by atoms with van der Waals surface area (Å²) in [7, 11) is 1.70. The van der Waals surface area contributed by atoms with E-state index in [2.05, 4.69) is 10.6 Å². The van der Waals surface area contributed by atoms with Gasteiger partial charge in [0.05, 0.1) is 18.2 Å². The van der Waals surface area contributed by atoms with Crippen LogP contribution < -0.4 is 10.6 Å². The third-order valence-corrected chi connectivity index (χ3v) is 6.48. The van der Waals surface area contributed by atoms with Gasteiger partial charge in [-0.25, -0.2) is 8.78 Å². The molecule has 3 N–H and O–H groups in total. The highest BCUT2D eigenvalue weighted by Gasteiger charge is 2.35. The van der Waals surface area contributed by atoms with Gasteiger partial charge in [0.2, 0.25) is 0 Å². The number of amides is 2. The van der Waals surface area contributed by atoms with Crippen LogP contribution in [0, 0.1) is 11.6 Å². The van der Waals surface area contributed by atoms with Crippen LogP contribution in [0.4, 0.5) is 8.78 Å². The largest absolute Gasteiger partial charge is 0.389 e. The molecular weight excluding hydrogens is 480 g/mol. The summed E-state index contributed by atoms with van der Waals surface area (Å²) >= 11 is 0. The lowest BCUT2D eigenvalue weighted by Gasteiger charge is -2.29. The highest BCUT2D eigenvalue weighted by molar-refractivity contribution is 5.99. The van der Waals surface area contributed by atoms with Gasteiger partial charge >= 0.3 is 0 Å². The maximum Gasteiger partial charge on any atom is 0.253 e. The van der Waals surface area contributed by atoms with Gasteiger partial charge in [0.25, 0.3) is 11.8 Å². The summed E-state index contributed by atoms with van der Waals surface area (Å²) in [6.07, 6.45) is 1.12. The lowest BCUT2D eigenvalue weighted by molar-refractivity contribution is 0.0514. The first-order valence-corrected chi connectivity index (χ1v) is 12.9. The fourth-order valence-corrected chi connectivity index (χ4v) is 4.63. The molecule has 4 atom stereocenters. The molecule has 0 aromatic heterocycles. The Morgan fingerprint density at radius 1 is 1.14 bits per heavy atom. The SMILES string of the molecule is CCCO[C@H]1CN[C@@H]([C@@H](O)[C@H](Cc2cc(F)cc(F)c2)NC(=O)c2cccc(C(=O)N(C)CCC)c2)C1. The van der Waals surface area contributed by atoms with Crippen LogP contribution in [0.3, 0.4) is 0 Å². The number of hydrogen-bond donors (Lipinski definition) is 3. The molecule has 0 saturated carbocycles. The number of carbonyl (C=O) groups is 2. The molecule has 202 valence electrons. The average Bonchev–Trinajstić information content (AvgIpc) is 3.34. The molecule has 7 nitrogen and oxygen atoms in total. The molecule has 0 spiro atoms. The van der Waals surface area contributed by atoms with E-state index in [4.69, 9.17) is 4.74 Å². The third-order valence-electron chi connectivity index (χ3n) is 6.48. The van der Waals surface area contributed by atoms with Crippen molar-refractivity contribution in [2.75, 3.05) is 26.7 Å². The van der Waals surface area contributed by atoms with E-state index in [9.17, 15) is 23.5 Å². The second-order valence-corrected chi connectivity index (χ2v) is 9.60. The summed E-state index contributed by atoms with van der Waals surface area (Å²) in [5.41, 5.74) is 0.937. The van der Waals surface area contributed by atoms with Crippen LogP contribution in [0.25, 0.3) is 0 Å². The van der Waals surface area contributed by atoms with Crippen molar-refractivity contribution >= 4 is 11.8 Å². The molecule has 2 aromatic carbocycles. The molecule has 2 aromatic rings. The predicted octanol–water partition coefficient (Wildman–Crippen LogP) is 3.31. The van der Waals surface area contributed by atoms with Crippen LogP contribution in [0.5, 0.6) is 0 Å². The van der Waals surface area contributed by atoms with Crippen molar-refractivity contribution in [1.82, 2.24) is 15.5 Å². The molecule has 37 heavy (non-hydrogen) atoms. The Labute approximate surface area is 217 Å². The maximum atomic E-state index is 13.9. The zero-order chi connectivity index (χ0) is 26.9. The lowest BCUT2D eigenvalue weighted by atomic mass is 9.94. The summed E-state index contributed by atoms with van der Waals surface area (Å²) in [5.74, 6) is -2.16. The Balaban J connectivity index is 1.80. The Morgan fingerprint density at radius 3 is 2.51 bits per heavy atom. The van der Waals surface area contributed by atoms with Crippen molar-refractivity contribution < 1.29 is 28.2 Å². The minimum atomic E-state index is -1.05. The number of nitrogens with zero attached hydrogens (tertiary/aromatic N) is 1. The van der Waals surface area contributed by atoms with E-state index in [1.54, 1.807) is 30.1 Å². The number of rotatable bonds is 12. The van der Waals surface area contributed by atoms with E-state index < -0.39 is 29.7 Å². The van der Waals surface area contributed by atoms with Crippen LogP contribution >= 0.6 is 0 Å². The summed E-state index contributed by atoms with van der Waals surface area (Å²) in [4.78, 5) is 27.5. The van der Waals surface area contributed by atoms with Crippen LogP contribution in [0.15, 0.2) is 42.5 Å². The molecule has 1 aliphatic rings. The normalized spacial score (nSPS) is 18.9. The smallest absolute Gasteiger partial charge is 0.253 e. The van der Waals surface area contributed by atoms with Gasteiger partial charge in [-0.1, -0.05) is 19.9 Å². The second-order valence-electron chi connectivity index (χ2n) is 9.60. The van der Waals surface area contributed by atoms with Gasteiger partial charge in [-0.3, -0.25) is 9.59 Å². The summed E-state index contributed by atoms with van der Waals surface area (Å²) in [5, 5.41) is 17.3. The summed E-state index contributed by atoms with van der Waals surface area (Å²) in [6, 6.07) is 8.30. The van der Waals surface area contributed by atoms with Gasteiger partial charge in [0, 0.05) is 50.0 Å². The molecule has 1 saturated heterocycles. The Morgan fingerprint density at radius 2 is 1.84 bits per heavy atom. The van der Waals surface area contributed by atoms with E-state index in [-0.39, 0.29) is 30.0 Å². The fraction of sp³-hybridized carbons (Fsp3) is 0.500. The number of nitrogens with one attached hydrogen (secondary N) is 2. The van der Waals surface area contributed by atoms with Crippen LogP contribution in [-0.4, -0.2) is 72.9 Å². The van der Waals surface area contributed by atoms with Gasteiger partial charge < -0.3 is 25.4 Å². The minimum Gasteiger partial charge on any atom is -0.389 e. The number of aliphatic hydroxyl groups is 1. The van der Waals surface area contributed by atoms with Gasteiger partial charge in [-0.05, 0) is 61.6 Å². The van der Waals surface area contributed by atoms with Gasteiger partial charge in [-0.2, -0.15) is 0 Å². The molecule has 0 aliphatic carbocycles. The zero-order valence-corrected chi connectivity index (χ0v) is 21.7. The van der Waals surface area contributed by atoms with Gasteiger partial charge in [0.15, 0.2) is 0 Å². The van der Waals surface area contributed by atoms with Crippen molar-refractivity contribution in [3.8, 4) is 0 Å². The highest BCUT2D eigenvalue weighted by Crippen LogP contribution is 2.20. The van der Waals surface area contributed by atoms with Gasteiger partial charge in [0.1, 0.15) is 11.6 Å². The van der Waals surface area contributed by atoms with E-state index >= 15 is 0 Å². The molecular formula is C28H37F2N3O4. The van der Waals surface area contributed by atoms with Crippen LogP contribution in [-0.2, 0) is 11.2 Å². The summed E-state index contributed by atoms with van der Waals surface area (Å²) in [6.45, 7) is 5.75. The minimum absolute atomic E-state index is 0.0120. The number of carbonyl (C=O) groups excluding carboxylic acids is 2. The molecule has 9 heteroatoms. The molecule has 1 aliphatic heterocycles. The highest BCUT2D eigenvalue weighted by atomic mass is 19.1. The lowest BCUT2D eigenvalue weighted by Crippen LogP contribution is -2.52. The third kappa shape index (κ3) is 8.05. The van der Waals surface area contributed by atoms with Crippen LogP contribution in [0.1, 0.15) is 59.4 Å². The van der Waals surface area contributed by atoms with Crippen molar-refractivity contribution in [2.24, 2.45) is 0 Å². The van der Waals surface area contributed by atoms with E-state index in [1.807, 2.05) is 13.8 Å². The van der Waals surface area contributed by atoms with E-state index in [0.29, 0.717) is 37.2 Å². The van der Waals surface area contributed by atoms with Crippen molar-refractivity contribution in [2.45, 2.75) is 63.8 Å². The summed E-state index contributed by atoms with van der Waals surface area (Å²) < 4.78 is 33.5. The Bertz CT molecular complexity index is 1050. The molecule has 0 radical (unpaired) electrons. The zero-order valence-electron chi connectivity index (χ0n) is 21.7. The molecule has 1 fully saturated rings. The standard InChI is InChI=1S/C28H37F2N3O4/c1-4-9-33(3)28(36)20-8-6-7-19(14-20)27(35)32-25(13-18-11-21(29)15-22(30)12-18)26(34)24-16-23(17-31-24)37-10-5-2/h6-8,11-12,14-15,23-26,31,34H,4-5,9-10,13,16-17H2,1-3H3,(H,32,35)/t23-,24-,25+,26-/m1/s1. The Hall–Kier alpha value is -2.88. The van der Waals surface area contributed by atoms with E-state index in [0.717, 1.165) is 18.9 Å². The van der Waals surface area contributed by atoms with Crippen molar-refractivity contribution in [3.05, 3.63) is 70.8 Å². The molecule has 0 bridgehead atoms. The number of ether oxygens (including phenoxy) is 1. The number of halogens is 2. The van der Waals surface area contributed by atoms with E-state index in [1.165, 1.54) is 18.2 Å². The topological polar surface area (TPSA) is 90.9 Å². The number of aliphatic hydroxyl groups excluding tert-OH is 1. The van der Waals surface area contributed by atoms with Gasteiger partial charge in [-0.15, -0.1) is 0 Å². The monoisotopic (exact) mass is 517 g/mol. The van der Waals surface area contributed by atoms with Crippen molar-refractivity contribution in [3.63, 3.8) is 0 Å². The average molecular weight is 518 g/mol. The first kappa shape index (κ1) is 28.7. The molecule has 3 rings (SSSR count). The number of benzene rings is 2. The first-order valence-electron chi connectivity index (χ1n) is 12.9. The van der Waals surface area contributed by atoms with Crippen molar-refractivity contribution in [1.29, 1.82) is 0 Å². The molecule has 1 heterocycles. The quantitative estimate of drug-likeness (QED) is 0.402. The number of hydrogen-bond acceptors (Lipinski definition) is 5. The predicted molar refractivity (Wildman–Crippen MR) is 137 cm³/mol. The maximum absolute atomic E-state index is 13.9. The molecule has 0 unspecified atom stereocenters. The second kappa shape index (κ2) is 13.6. The fourth-order valence-electron chi connectivity index (χ4n) is 4.63. The molecule has 2 amide bonds. The van der Waals surface area contributed by atoms with Crippen LogP contribution in [0.2, 0.25) is 0 Å². The Kier molecular flexibility index (Phi) is 10.5.